The van der Waals surface area contributed by atoms with Gasteiger partial charge in [0, 0.05) is 28.7 Å². The van der Waals surface area contributed by atoms with Crippen molar-refractivity contribution in [1.29, 1.82) is 0 Å². The molecule has 0 saturated heterocycles. The van der Waals surface area contributed by atoms with E-state index in [1.54, 1.807) is 11.7 Å². The smallest absolute Gasteiger partial charge is 0.249 e. The van der Waals surface area contributed by atoms with Gasteiger partial charge in [-0.1, -0.05) is 34.1 Å². The third-order valence-corrected chi connectivity index (χ3v) is 4.53. The van der Waals surface area contributed by atoms with E-state index in [-0.39, 0.29) is 5.56 Å². The van der Waals surface area contributed by atoms with E-state index in [0.29, 0.717) is 5.82 Å². The summed E-state index contributed by atoms with van der Waals surface area (Å²) >= 11 is 3.39. The number of aryl methyl sites for hydroxylation is 2. The normalized spacial score (nSPS) is 11.1. The minimum Gasteiger partial charge on any atom is -0.307 e. The molecule has 7 heteroatoms. The largest absolute Gasteiger partial charge is 0.307 e. The molecule has 1 aromatic heterocycles. The summed E-state index contributed by atoms with van der Waals surface area (Å²) < 4.78 is 29.8. The second-order valence-electron chi connectivity index (χ2n) is 5.90. The molecular formula is C20H16BrF2N3O. The average molecular weight is 432 g/mol. The zero-order chi connectivity index (χ0) is 19.6. The summed E-state index contributed by atoms with van der Waals surface area (Å²) in [5, 5.41) is 7.10. The van der Waals surface area contributed by atoms with Crippen LogP contribution >= 0.6 is 15.9 Å². The molecule has 0 unspecified atom stereocenters. The van der Waals surface area contributed by atoms with Crippen LogP contribution in [0.5, 0.6) is 0 Å². The molecule has 1 heterocycles. The zero-order valence-corrected chi connectivity index (χ0v) is 16.2. The Morgan fingerprint density at radius 1 is 1.15 bits per heavy atom. The maximum atomic E-state index is 13.7. The summed E-state index contributed by atoms with van der Waals surface area (Å²) in [6.45, 7) is 1.84. The summed E-state index contributed by atoms with van der Waals surface area (Å²) in [5.41, 5.74) is 2.16. The van der Waals surface area contributed by atoms with Crippen molar-refractivity contribution in [1.82, 2.24) is 9.78 Å². The Morgan fingerprint density at radius 2 is 1.78 bits per heavy atom. The van der Waals surface area contributed by atoms with Crippen molar-refractivity contribution in [2.75, 3.05) is 5.32 Å². The lowest BCUT2D eigenvalue weighted by Gasteiger charge is -2.08. The maximum Gasteiger partial charge on any atom is 0.249 e. The van der Waals surface area contributed by atoms with Crippen molar-refractivity contribution in [2.45, 2.75) is 6.92 Å². The number of aromatic nitrogens is 2. The topological polar surface area (TPSA) is 46.9 Å². The molecule has 0 radical (unpaired) electrons. The number of halogens is 3. The van der Waals surface area contributed by atoms with E-state index in [4.69, 9.17) is 0 Å². The lowest BCUT2D eigenvalue weighted by molar-refractivity contribution is -0.111. The number of hydrogen-bond donors (Lipinski definition) is 1. The highest BCUT2D eigenvalue weighted by molar-refractivity contribution is 9.10. The van der Waals surface area contributed by atoms with Crippen molar-refractivity contribution < 1.29 is 13.6 Å². The molecular weight excluding hydrogens is 416 g/mol. The molecule has 3 rings (SSSR count). The molecule has 0 aliphatic rings. The Morgan fingerprint density at radius 3 is 2.41 bits per heavy atom. The van der Waals surface area contributed by atoms with Gasteiger partial charge in [0.2, 0.25) is 5.91 Å². The van der Waals surface area contributed by atoms with Gasteiger partial charge >= 0.3 is 0 Å². The van der Waals surface area contributed by atoms with Gasteiger partial charge in [-0.3, -0.25) is 9.48 Å². The highest BCUT2D eigenvalue weighted by atomic mass is 79.9. The molecule has 2 aromatic carbocycles. The molecule has 0 atom stereocenters. The van der Waals surface area contributed by atoms with E-state index in [0.717, 1.165) is 45.6 Å². The van der Waals surface area contributed by atoms with Gasteiger partial charge in [-0.15, -0.1) is 0 Å². The molecule has 0 spiro atoms. The van der Waals surface area contributed by atoms with E-state index in [1.807, 2.05) is 31.2 Å². The van der Waals surface area contributed by atoms with Crippen molar-refractivity contribution in [3.05, 3.63) is 75.9 Å². The number of anilines is 1. The molecule has 0 bridgehead atoms. The molecule has 1 amide bonds. The molecule has 3 aromatic rings. The lowest BCUT2D eigenvalue weighted by Crippen LogP contribution is -2.12. The van der Waals surface area contributed by atoms with E-state index in [9.17, 15) is 13.6 Å². The standard InChI is InChI=1S/C20H16BrF2N3O/c1-12-19(13-6-8-14(21)9-7-13)20(26(2)25-12)24-18(27)11-10-15-16(22)4-3-5-17(15)23/h3-11H,1-2H3,(H,24,27)/b11-10+. The fourth-order valence-electron chi connectivity index (χ4n) is 2.75. The van der Waals surface area contributed by atoms with Gasteiger partial charge in [0.1, 0.15) is 17.5 Å². The third kappa shape index (κ3) is 4.14. The quantitative estimate of drug-likeness (QED) is 0.584. The van der Waals surface area contributed by atoms with Crippen LogP contribution in [0.3, 0.4) is 0 Å². The molecule has 27 heavy (non-hydrogen) atoms. The summed E-state index contributed by atoms with van der Waals surface area (Å²) in [6, 6.07) is 11.2. The first-order chi connectivity index (χ1) is 12.9. The molecule has 0 saturated carbocycles. The first-order valence-electron chi connectivity index (χ1n) is 8.09. The lowest BCUT2D eigenvalue weighted by atomic mass is 10.1. The number of hydrogen-bond acceptors (Lipinski definition) is 2. The van der Waals surface area contributed by atoms with Gasteiger partial charge in [0.25, 0.3) is 0 Å². The van der Waals surface area contributed by atoms with E-state index in [2.05, 4.69) is 26.3 Å². The van der Waals surface area contributed by atoms with Gasteiger partial charge in [-0.05, 0) is 42.8 Å². The van der Waals surface area contributed by atoms with Crippen molar-refractivity contribution in [3.63, 3.8) is 0 Å². The van der Waals surface area contributed by atoms with Crippen LogP contribution in [0.4, 0.5) is 14.6 Å². The van der Waals surface area contributed by atoms with Crippen LogP contribution in [-0.2, 0) is 11.8 Å². The van der Waals surface area contributed by atoms with Crippen LogP contribution in [0.2, 0.25) is 0 Å². The number of nitrogens with one attached hydrogen (secondary N) is 1. The SMILES string of the molecule is Cc1nn(C)c(NC(=O)/C=C/c2c(F)cccc2F)c1-c1ccc(Br)cc1. The van der Waals surface area contributed by atoms with Crippen molar-refractivity contribution in [2.24, 2.45) is 7.05 Å². The highest BCUT2D eigenvalue weighted by Gasteiger charge is 2.16. The average Bonchev–Trinajstić information content (AvgIpc) is 2.89. The zero-order valence-electron chi connectivity index (χ0n) is 14.6. The van der Waals surface area contributed by atoms with E-state index < -0.39 is 17.5 Å². The van der Waals surface area contributed by atoms with Crippen LogP contribution in [0, 0.1) is 18.6 Å². The first kappa shape index (κ1) is 19.0. The molecule has 138 valence electrons. The van der Waals surface area contributed by atoms with Crippen LogP contribution < -0.4 is 5.32 Å². The number of carbonyl (C=O) groups is 1. The second-order valence-corrected chi connectivity index (χ2v) is 6.81. The summed E-state index contributed by atoms with van der Waals surface area (Å²) in [5.74, 6) is -1.48. The Balaban J connectivity index is 1.88. The Kier molecular flexibility index (Phi) is 5.51. The monoisotopic (exact) mass is 431 g/mol. The van der Waals surface area contributed by atoms with Crippen LogP contribution in [-0.4, -0.2) is 15.7 Å². The number of benzene rings is 2. The molecule has 0 aliphatic heterocycles. The predicted octanol–water partition coefficient (Wildman–Crippen LogP) is 5.09. The van der Waals surface area contributed by atoms with Gasteiger partial charge in [-0.2, -0.15) is 5.10 Å². The number of rotatable bonds is 4. The molecule has 0 fully saturated rings. The number of amides is 1. The fourth-order valence-corrected chi connectivity index (χ4v) is 3.02. The Bertz CT molecular complexity index is 1010. The molecule has 0 aliphatic carbocycles. The third-order valence-electron chi connectivity index (χ3n) is 4.00. The maximum absolute atomic E-state index is 13.7. The van der Waals surface area contributed by atoms with E-state index in [1.165, 1.54) is 6.07 Å². The minimum atomic E-state index is -0.731. The minimum absolute atomic E-state index is 0.262. The number of nitrogens with zero attached hydrogens (tertiary/aromatic N) is 2. The molecule has 1 N–H and O–H groups in total. The van der Waals surface area contributed by atoms with Gasteiger partial charge in [0.15, 0.2) is 0 Å². The predicted molar refractivity (Wildman–Crippen MR) is 105 cm³/mol. The summed E-state index contributed by atoms with van der Waals surface area (Å²) in [6.07, 6.45) is 2.21. The van der Waals surface area contributed by atoms with Crippen LogP contribution in [0.1, 0.15) is 11.3 Å². The molecule has 4 nitrogen and oxygen atoms in total. The fraction of sp³-hybridized carbons (Fsp3) is 0.100. The second kappa shape index (κ2) is 7.84. The van der Waals surface area contributed by atoms with Crippen LogP contribution in [0.25, 0.3) is 17.2 Å². The Hall–Kier alpha value is -2.80. The summed E-state index contributed by atoms with van der Waals surface area (Å²) in [4.78, 5) is 12.3. The van der Waals surface area contributed by atoms with Gasteiger partial charge < -0.3 is 5.32 Å². The summed E-state index contributed by atoms with van der Waals surface area (Å²) in [7, 11) is 1.71. The number of carbonyl (C=O) groups excluding carboxylic acids is 1. The Labute approximate surface area is 163 Å². The van der Waals surface area contributed by atoms with Gasteiger partial charge in [0.05, 0.1) is 5.69 Å². The highest BCUT2D eigenvalue weighted by Crippen LogP contribution is 2.31. The van der Waals surface area contributed by atoms with Crippen molar-refractivity contribution >= 4 is 33.7 Å². The van der Waals surface area contributed by atoms with E-state index >= 15 is 0 Å². The van der Waals surface area contributed by atoms with Crippen molar-refractivity contribution in [3.8, 4) is 11.1 Å². The van der Waals surface area contributed by atoms with Gasteiger partial charge in [-0.25, -0.2) is 8.78 Å². The first-order valence-corrected chi connectivity index (χ1v) is 8.88. The van der Waals surface area contributed by atoms with Crippen LogP contribution in [0.15, 0.2) is 53.0 Å².